The van der Waals surface area contributed by atoms with E-state index in [0.717, 1.165) is 70.2 Å². The van der Waals surface area contributed by atoms with Crippen LogP contribution in [0.1, 0.15) is 42.4 Å². The van der Waals surface area contributed by atoms with E-state index in [1.54, 1.807) is 7.05 Å². The molecule has 1 atom stereocenters. The third-order valence-corrected chi connectivity index (χ3v) is 5.42. The summed E-state index contributed by atoms with van der Waals surface area (Å²) in [5, 5.41) is 16.9. The molecule has 1 unspecified atom stereocenters. The van der Waals surface area contributed by atoms with Gasteiger partial charge in [0.05, 0.1) is 13.2 Å². The number of nitrogens with zero attached hydrogens (tertiary/aromatic N) is 1. The largest absolute Gasteiger partial charge is 0.508 e. The molecule has 1 aliphatic heterocycles. The molecule has 6 nitrogen and oxygen atoms in total. The summed E-state index contributed by atoms with van der Waals surface area (Å²) in [6.07, 6.45) is 6.65. The Kier molecular flexibility index (Phi) is 10.4. The molecular formula is C21H34IN3O3. The number of hydrogen-bond acceptors (Lipinski definition) is 4. The highest BCUT2D eigenvalue weighted by molar-refractivity contribution is 14.0. The quantitative estimate of drug-likeness (QED) is 0.220. The smallest absolute Gasteiger partial charge is 0.191 e. The molecule has 1 aromatic rings. The maximum Gasteiger partial charge on any atom is 0.191 e. The van der Waals surface area contributed by atoms with Gasteiger partial charge in [-0.25, -0.2) is 0 Å². The van der Waals surface area contributed by atoms with E-state index in [4.69, 9.17) is 9.47 Å². The molecule has 1 aliphatic carbocycles. The maximum absolute atomic E-state index is 10.3. The summed E-state index contributed by atoms with van der Waals surface area (Å²) in [7, 11) is 1.77. The van der Waals surface area contributed by atoms with Gasteiger partial charge in [0.25, 0.3) is 0 Å². The van der Waals surface area contributed by atoms with E-state index in [1.165, 1.54) is 24.0 Å². The van der Waals surface area contributed by atoms with Crippen LogP contribution in [-0.4, -0.2) is 51.1 Å². The van der Waals surface area contributed by atoms with Crippen LogP contribution in [-0.2, 0) is 28.9 Å². The van der Waals surface area contributed by atoms with Gasteiger partial charge in [0.2, 0.25) is 0 Å². The van der Waals surface area contributed by atoms with E-state index >= 15 is 0 Å². The molecule has 1 heterocycles. The summed E-state index contributed by atoms with van der Waals surface area (Å²) >= 11 is 0. The first-order chi connectivity index (χ1) is 13.3. The van der Waals surface area contributed by atoms with Gasteiger partial charge in [-0.2, -0.15) is 0 Å². The van der Waals surface area contributed by atoms with Gasteiger partial charge in [0, 0.05) is 44.8 Å². The van der Waals surface area contributed by atoms with E-state index in [9.17, 15) is 5.11 Å². The summed E-state index contributed by atoms with van der Waals surface area (Å²) < 4.78 is 11.1. The molecule has 0 spiro atoms. The Morgan fingerprint density at radius 3 is 2.93 bits per heavy atom. The number of hydrogen-bond donors (Lipinski definition) is 3. The van der Waals surface area contributed by atoms with Crippen molar-refractivity contribution in [2.75, 3.05) is 40.0 Å². The molecule has 0 radical (unpaired) electrons. The van der Waals surface area contributed by atoms with Crippen molar-refractivity contribution in [2.45, 2.75) is 45.1 Å². The van der Waals surface area contributed by atoms with E-state index in [0.29, 0.717) is 18.2 Å². The Hall–Kier alpha value is -1.06. The number of guanidine groups is 1. The first-order valence-electron chi connectivity index (χ1n) is 10.2. The lowest BCUT2D eigenvalue weighted by Gasteiger charge is -2.21. The molecule has 3 rings (SSSR count). The highest BCUT2D eigenvalue weighted by Crippen LogP contribution is 2.30. The monoisotopic (exact) mass is 503 g/mol. The zero-order chi connectivity index (χ0) is 18.9. The minimum absolute atomic E-state index is 0. The fourth-order valence-corrected chi connectivity index (χ4v) is 3.83. The van der Waals surface area contributed by atoms with Crippen LogP contribution in [0.5, 0.6) is 5.75 Å². The van der Waals surface area contributed by atoms with Crippen LogP contribution in [0.2, 0.25) is 0 Å². The van der Waals surface area contributed by atoms with Crippen molar-refractivity contribution in [1.82, 2.24) is 10.6 Å². The Bertz CT molecular complexity index is 634. The normalized spacial score (nSPS) is 19.0. The molecule has 0 aromatic heterocycles. The van der Waals surface area contributed by atoms with Crippen molar-refractivity contribution in [3.63, 3.8) is 0 Å². The molecule has 158 valence electrons. The van der Waals surface area contributed by atoms with E-state index in [1.807, 2.05) is 6.07 Å². The highest BCUT2D eigenvalue weighted by atomic mass is 127. The van der Waals surface area contributed by atoms with Crippen LogP contribution in [0.4, 0.5) is 0 Å². The Labute approximate surface area is 185 Å². The second-order valence-corrected chi connectivity index (χ2v) is 7.42. The van der Waals surface area contributed by atoms with Crippen molar-refractivity contribution < 1.29 is 14.6 Å². The van der Waals surface area contributed by atoms with E-state index in [2.05, 4.69) is 21.7 Å². The van der Waals surface area contributed by atoms with E-state index < -0.39 is 0 Å². The van der Waals surface area contributed by atoms with Gasteiger partial charge in [-0.15, -0.1) is 24.0 Å². The minimum atomic E-state index is 0. The van der Waals surface area contributed by atoms with Crippen molar-refractivity contribution in [3.05, 3.63) is 28.8 Å². The van der Waals surface area contributed by atoms with Crippen LogP contribution in [0.15, 0.2) is 17.1 Å². The molecule has 28 heavy (non-hydrogen) atoms. The number of halogens is 1. The number of phenolic OH excluding ortho intramolecular Hbond substituents is 1. The second kappa shape index (κ2) is 12.5. The van der Waals surface area contributed by atoms with Crippen LogP contribution in [0, 0.1) is 5.92 Å². The first kappa shape index (κ1) is 23.2. The summed E-state index contributed by atoms with van der Waals surface area (Å²) in [4.78, 5) is 4.28. The number of benzene rings is 1. The summed E-state index contributed by atoms with van der Waals surface area (Å²) in [6, 6.07) is 3.89. The van der Waals surface area contributed by atoms with Crippen molar-refractivity contribution >= 4 is 29.9 Å². The molecule has 7 heteroatoms. The summed E-state index contributed by atoms with van der Waals surface area (Å²) in [5.74, 6) is 1.70. The third-order valence-electron chi connectivity index (χ3n) is 5.42. The minimum Gasteiger partial charge on any atom is -0.508 e. The van der Waals surface area contributed by atoms with E-state index in [-0.39, 0.29) is 24.0 Å². The molecule has 0 bridgehead atoms. The maximum atomic E-state index is 10.3. The number of aromatic hydroxyl groups is 1. The number of nitrogens with one attached hydrogen (secondary N) is 2. The predicted octanol–water partition coefficient (Wildman–Crippen LogP) is 3.00. The van der Waals surface area contributed by atoms with Gasteiger partial charge < -0.3 is 25.2 Å². The fraction of sp³-hybridized carbons (Fsp3) is 0.667. The molecular weight excluding hydrogens is 469 g/mol. The average Bonchev–Trinajstić information content (AvgIpc) is 3.21. The van der Waals surface area contributed by atoms with Crippen molar-refractivity contribution in [1.29, 1.82) is 0 Å². The fourth-order valence-electron chi connectivity index (χ4n) is 3.83. The molecule has 2 aliphatic rings. The van der Waals surface area contributed by atoms with Crippen LogP contribution in [0.25, 0.3) is 0 Å². The lowest BCUT2D eigenvalue weighted by molar-refractivity contribution is 0.0888. The Morgan fingerprint density at radius 1 is 1.29 bits per heavy atom. The van der Waals surface area contributed by atoms with Gasteiger partial charge >= 0.3 is 0 Å². The number of aliphatic imine (C=N–C) groups is 1. The summed E-state index contributed by atoms with van der Waals surface area (Å²) in [6.45, 7) is 4.65. The van der Waals surface area contributed by atoms with Gasteiger partial charge in [0.1, 0.15) is 5.75 Å². The van der Waals surface area contributed by atoms with Gasteiger partial charge in [-0.05, 0) is 55.7 Å². The number of ether oxygens (including phenoxy) is 2. The number of phenols is 1. The lowest BCUT2D eigenvalue weighted by atomic mass is 9.88. The van der Waals surface area contributed by atoms with Gasteiger partial charge in [0.15, 0.2) is 5.96 Å². The van der Waals surface area contributed by atoms with Gasteiger partial charge in [-0.3, -0.25) is 4.99 Å². The SMILES string of the molecule is CN=C(NCCCOCC1CCOC1)NCc1c(O)ccc2c1CCCC2.I. The second-order valence-electron chi connectivity index (χ2n) is 7.42. The molecule has 0 amide bonds. The molecule has 3 N–H and O–H groups in total. The predicted molar refractivity (Wildman–Crippen MR) is 123 cm³/mol. The number of rotatable bonds is 8. The lowest BCUT2D eigenvalue weighted by Crippen LogP contribution is -2.38. The Morgan fingerprint density at radius 2 is 2.14 bits per heavy atom. The van der Waals surface area contributed by atoms with Crippen LogP contribution >= 0.6 is 24.0 Å². The third kappa shape index (κ3) is 6.77. The highest BCUT2D eigenvalue weighted by Gasteiger charge is 2.17. The van der Waals surface area contributed by atoms with Crippen molar-refractivity contribution in [3.8, 4) is 5.75 Å². The number of fused-ring (bicyclic) bond motifs is 1. The zero-order valence-corrected chi connectivity index (χ0v) is 19.2. The Balaban J connectivity index is 0.00000280. The summed E-state index contributed by atoms with van der Waals surface area (Å²) in [5.41, 5.74) is 3.70. The standard InChI is InChI=1S/C21H33N3O3.HI/c1-22-21(23-10-4-11-26-14-16-9-12-27-15-16)24-13-19-18-6-3-2-5-17(18)7-8-20(19)25;/h7-8,16,25H,2-6,9-15H2,1H3,(H2,22,23,24);1H. The van der Waals surface area contributed by atoms with Gasteiger partial charge in [-0.1, -0.05) is 6.07 Å². The molecule has 1 fully saturated rings. The van der Waals surface area contributed by atoms with Crippen LogP contribution in [0.3, 0.4) is 0 Å². The average molecular weight is 503 g/mol. The van der Waals surface area contributed by atoms with Crippen LogP contribution < -0.4 is 10.6 Å². The molecule has 1 saturated heterocycles. The molecule has 1 aromatic carbocycles. The zero-order valence-electron chi connectivity index (χ0n) is 16.8. The number of aryl methyl sites for hydroxylation is 1. The topological polar surface area (TPSA) is 75.1 Å². The first-order valence-corrected chi connectivity index (χ1v) is 10.2. The van der Waals surface area contributed by atoms with Crippen molar-refractivity contribution in [2.24, 2.45) is 10.9 Å². The molecule has 0 saturated carbocycles.